The third-order valence-electron chi connectivity index (χ3n) is 1.22. The molecular formula is C6H7Cl2NO. The molecule has 0 heterocycles. The summed E-state index contributed by atoms with van der Waals surface area (Å²) in [6.07, 6.45) is 3.19. The number of allylic oxidation sites excluding steroid dienone is 1. The first kappa shape index (κ1) is 7.92. The first-order valence-corrected chi connectivity index (χ1v) is 3.51. The average Bonchev–Trinajstić information content (AvgIpc) is 1.79. The maximum atomic E-state index is 8.96. The largest absolute Gasteiger partial charge is 0.507 e. The highest BCUT2D eigenvalue weighted by Crippen LogP contribution is 2.29. The molecule has 0 amide bonds. The van der Waals surface area contributed by atoms with Crippen molar-refractivity contribution in [3.8, 4) is 0 Å². The second-order valence-corrected chi connectivity index (χ2v) is 3.39. The number of rotatable bonds is 0. The second kappa shape index (κ2) is 2.46. The number of halogens is 2. The van der Waals surface area contributed by atoms with Gasteiger partial charge in [0.25, 0.3) is 0 Å². The van der Waals surface area contributed by atoms with Gasteiger partial charge in [-0.1, -0.05) is 23.2 Å². The van der Waals surface area contributed by atoms with Crippen LogP contribution in [-0.4, -0.2) is 10.1 Å². The molecule has 2 nitrogen and oxygen atoms in total. The van der Waals surface area contributed by atoms with Gasteiger partial charge in [0.05, 0.1) is 5.03 Å². The lowest BCUT2D eigenvalue weighted by Crippen LogP contribution is -2.32. The normalized spacial score (nSPS) is 33.1. The number of aliphatic hydroxyl groups excluding tert-OH is 1. The quantitative estimate of drug-likeness (QED) is 0.441. The molecule has 10 heavy (non-hydrogen) atoms. The zero-order valence-corrected chi connectivity index (χ0v) is 6.65. The van der Waals surface area contributed by atoms with Crippen LogP contribution in [0.15, 0.2) is 22.9 Å². The predicted octanol–water partition coefficient (Wildman–Crippen LogP) is 1.85. The molecule has 0 aromatic heterocycles. The fourth-order valence-corrected chi connectivity index (χ4v) is 1.24. The molecule has 0 saturated carbocycles. The van der Waals surface area contributed by atoms with E-state index in [9.17, 15) is 0 Å². The number of nitrogens with two attached hydrogens (primary N) is 1. The lowest BCUT2D eigenvalue weighted by atomic mass is 10.1. The molecule has 0 spiro atoms. The summed E-state index contributed by atoms with van der Waals surface area (Å²) in [5, 5.41) is 9.26. The Kier molecular flexibility index (Phi) is 1.95. The van der Waals surface area contributed by atoms with Crippen LogP contribution in [-0.2, 0) is 0 Å². The molecule has 3 N–H and O–H groups in total. The van der Waals surface area contributed by atoms with E-state index in [0.717, 1.165) is 0 Å². The summed E-state index contributed by atoms with van der Waals surface area (Å²) in [7, 11) is 0. The Labute approximate surface area is 68.9 Å². The number of aliphatic hydroxyl groups is 1. The lowest BCUT2D eigenvalue weighted by Gasteiger charge is -2.20. The third-order valence-corrected chi connectivity index (χ3v) is 1.81. The van der Waals surface area contributed by atoms with Crippen molar-refractivity contribution in [3.05, 3.63) is 22.9 Å². The number of hydrogen-bond acceptors (Lipinski definition) is 2. The maximum absolute atomic E-state index is 8.96. The highest BCUT2D eigenvalue weighted by atomic mass is 35.5. The van der Waals surface area contributed by atoms with Crippen molar-refractivity contribution in [2.45, 2.75) is 11.4 Å². The molecule has 0 aliphatic heterocycles. The summed E-state index contributed by atoms with van der Waals surface area (Å²) in [6, 6.07) is 0. The predicted molar refractivity (Wildman–Crippen MR) is 42.0 cm³/mol. The fraction of sp³-hybridized carbons (Fsp3) is 0.333. The molecule has 0 saturated heterocycles. The standard InChI is InChI=1S/C6H7Cl2NO/c7-4-3-6(8,9)2-1-5(4)10/h1-2,10H,3,9H2. The molecule has 1 aliphatic rings. The molecule has 0 aromatic carbocycles. The van der Waals surface area contributed by atoms with Gasteiger partial charge < -0.3 is 10.8 Å². The van der Waals surface area contributed by atoms with E-state index in [4.69, 9.17) is 34.0 Å². The van der Waals surface area contributed by atoms with Gasteiger partial charge in [-0.15, -0.1) is 0 Å². The number of hydrogen-bond donors (Lipinski definition) is 2. The van der Waals surface area contributed by atoms with E-state index in [1.807, 2.05) is 0 Å². The molecule has 1 aliphatic carbocycles. The average molecular weight is 180 g/mol. The van der Waals surface area contributed by atoms with Crippen molar-refractivity contribution in [1.29, 1.82) is 0 Å². The smallest absolute Gasteiger partial charge is 0.129 e. The first-order chi connectivity index (χ1) is 4.51. The van der Waals surface area contributed by atoms with E-state index in [1.54, 1.807) is 0 Å². The first-order valence-electron chi connectivity index (χ1n) is 2.76. The van der Waals surface area contributed by atoms with E-state index < -0.39 is 5.00 Å². The molecule has 4 heteroatoms. The van der Waals surface area contributed by atoms with Gasteiger partial charge in [-0.05, 0) is 12.2 Å². The number of alkyl halides is 1. The molecule has 56 valence electrons. The highest BCUT2D eigenvalue weighted by molar-refractivity contribution is 6.32. The molecule has 0 fully saturated rings. The monoisotopic (exact) mass is 179 g/mol. The van der Waals surface area contributed by atoms with Gasteiger partial charge in [0, 0.05) is 6.42 Å². The molecule has 1 rings (SSSR count). The second-order valence-electron chi connectivity index (χ2n) is 2.23. The van der Waals surface area contributed by atoms with Gasteiger partial charge in [-0.25, -0.2) is 0 Å². The van der Waals surface area contributed by atoms with E-state index in [2.05, 4.69) is 0 Å². The zero-order valence-electron chi connectivity index (χ0n) is 5.14. The Morgan fingerprint density at radius 1 is 1.70 bits per heavy atom. The lowest BCUT2D eigenvalue weighted by molar-refractivity contribution is 0.420. The van der Waals surface area contributed by atoms with E-state index >= 15 is 0 Å². The summed E-state index contributed by atoms with van der Waals surface area (Å²) in [5.74, 6) is 0.0448. The zero-order chi connectivity index (χ0) is 7.78. The molecular weight excluding hydrogens is 173 g/mol. The molecule has 0 aromatic rings. The van der Waals surface area contributed by atoms with Crippen LogP contribution in [0.1, 0.15) is 6.42 Å². The van der Waals surface area contributed by atoms with Crippen molar-refractivity contribution in [2.75, 3.05) is 0 Å². The summed E-state index contributed by atoms with van der Waals surface area (Å²) in [6.45, 7) is 0. The van der Waals surface area contributed by atoms with E-state index in [0.29, 0.717) is 5.03 Å². The maximum Gasteiger partial charge on any atom is 0.129 e. The van der Waals surface area contributed by atoms with Crippen LogP contribution < -0.4 is 5.73 Å². The summed E-state index contributed by atoms with van der Waals surface area (Å²) < 4.78 is 0. The Morgan fingerprint density at radius 3 is 2.70 bits per heavy atom. The Morgan fingerprint density at radius 2 is 2.30 bits per heavy atom. The van der Waals surface area contributed by atoms with E-state index in [-0.39, 0.29) is 12.2 Å². The van der Waals surface area contributed by atoms with Crippen LogP contribution in [0.25, 0.3) is 0 Å². The van der Waals surface area contributed by atoms with Crippen LogP contribution in [0.5, 0.6) is 0 Å². The molecule has 1 unspecified atom stereocenters. The van der Waals surface area contributed by atoms with Crippen molar-refractivity contribution < 1.29 is 5.11 Å². The topological polar surface area (TPSA) is 46.2 Å². The van der Waals surface area contributed by atoms with Gasteiger partial charge in [0.15, 0.2) is 0 Å². The van der Waals surface area contributed by atoms with Gasteiger partial charge >= 0.3 is 0 Å². The molecule has 0 radical (unpaired) electrons. The summed E-state index contributed by atoms with van der Waals surface area (Å²) in [4.78, 5) is -0.927. The van der Waals surface area contributed by atoms with Crippen LogP contribution in [0.3, 0.4) is 0 Å². The Hall–Kier alpha value is -0.180. The van der Waals surface area contributed by atoms with E-state index in [1.165, 1.54) is 12.2 Å². The van der Waals surface area contributed by atoms with Crippen molar-refractivity contribution in [1.82, 2.24) is 0 Å². The minimum absolute atomic E-state index is 0.0448. The fourth-order valence-electron chi connectivity index (χ4n) is 0.695. The third kappa shape index (κ3) is 1.66. The Bertz CT molecular complexity index is 208. The van der Waals surface area contributed by atoms with Crippen LogP contribution >= 0.6 is 23.2 Å². The molecule has 0 bridgehead atoms. The van der Waals surface area contributed by atoms with Gasteiger partial charge in [-0.2, -0.15) is 0 Å². The Balaban J connectivity index is 2.85. The van der Waals surface area contributed by atoms with Crippen LogP contribution in [0.2, 0.25) is 0 Å². The highest BCUT2D eigenvalue weighted by Gasteiger charge is 2.23. The van der Waals surface area contributed by atoms with Gasteiger partial charge in [0.2, 0.25) is 0 Å². The SMILES string of the molecule is NC1(Cl)C=CC(O)=C(Cl)C1. The van der Waals surface area contributed by atoms with Gasteiger partial charge in [0.1, 0.15) is 10.8 Å². The molecule has 1 atom stereocenters. The van der Waals surface area contributed by atoms with Crippen molar-refractivity contribution in [3.63, 3.8) is 0 Å². The minimum atomic E-state index is -0.927. The van der Waals surface area contributed by atoms with Crippen LogP contribution in [0, 0.1) is 0 Å². The minimum Gasteiger partial charge on any atom is -0.507 e. The van der Waals surface area contributed by atoms with Crippen molar-refractivity contribution >= 4 is 23.2 Å². The van der Waals surface area contributed by atoms with Crippen molar-refractivity contribution in [2.24, 2.45) is 5.73 Å². The van der Waals surface area contributed by atoms with Crippen LogP contribution in [0.4, 0.5) is 0 Å². The summed E-state index contributed by atoms with van der Waals surface area (Å²) >= 11 is 11.3. The summed E-state index contributed by atoms with van der Waals surface area (Å²) in [5.41, 5.74) is 5.48. The van der Waals surface area contributed by atoms with Gasteiger partial charge in [-0.3, -0.25) is 0 Å².